The molecule has 1 aromatic carbocycles. The molecule has 2 aromatic heterocycles. The molecule has 6 rings (SSSR count). The summed E-state index contributed by atoms with van der Waals surface area (Å²) in [6, 6.07) is 3.67. The predicted molar refractivity (Wildman–Crippen MR) is 122 cm³/mol. The van der Waals surface area contributed by atoms with Crippen LogP contribution in [0, 0.1) is 24.6 Å². The third kappa shape index (κ3) is 3.82. The van der Waals surface area contributed by atoms with Crippen molar-refractivity contribution >= 4 is 12.0 Å². The Morgan fingerprint density at radius 2 is 2.03 bits per heavy atom. The molecule has 8 nitrogen and oxygen atoms in total. The highest BCUT2D eigenvalue weighted by Gasteiger charge is 2.52. The molecule has 12 heteroatoms. The Morgan fingerprint density at radius 1 is 1.19 bits per heavy atom. The molecule has 0 spiro atoms. The highest BCUT2D eigenvalue weighted by Crippen LogP contribution is 2.55. The van der Waals surface area contributed by atoms with E-state index < -0.39 is 17.6 Å². The van der Waals surface area contributed by atoms with Crippen LogP contribution in [0.5, 0.6) is 0 Å². The van der Waals surface area contributed by atoms with Crippen molar-refractivity contribution in [1.82, 2.24) is 24.9 Å². The molecule has 0 bridgehead atoms. The number of hydrogen-bond donors (Lipinski definition) is 1. The summed E-state index contributed by atoms with van der Waals surface area (Å²) in [4.78, 5) is 10.8. The van der Waals surface area contributed by atoms with Gasteiger partial charge in [-0.1, -0.05) is 11.2 Å². The van der Waals surface area contributed by atoms with Gasteiger partial charge in [-0.3, -0.25) is 0 Å². The van der Waals surface area contributed by atoms with Crippen LogP contribution < -0.4 is 10.2 Å². The van der Waals surface area contributed by atoms with E-state index in [0.717, 1.165) is 31.4 Å². The van der Waals surface area contributed by atoms with Crippen molar-refractivity contribution in [1.29, 1.82) is 0 Å². The average molecular weight is 504 g/mol. The first kappa shape index (κ1) is 23.0. The molecule has 36 heavy (non-hydrogen) atoms. The summed E-state index contributed by atoms with van der Waals surface area (Å²) in [5.41, 5.74) is 0.349. The number of nitrogens with one attached hydrogen (secondary N) is 1. The zero-order chi connectivity index (χ0) is 25.2. The Morgan fingerprint density at radius 3 is 2.72 bits per heavy atom. The summed E-state index contributed by atoms with van der Waals surface area (Å²) in [5.74, 6) is 0.917. The minimum atomic E-state index is -4.76. The Kier molecular flexibility index (Phi) is 5.31. The Labute approximate surface area is 204 Å². The first-order valence-corrected chi connectivity index (χ1v) is 12.0. The Bertz CT molecular complexity index is 1330. The summed E-state index contributed by atoms with van der Waals surface area (Å²) < 4.78 is 60.7. The molecule has 3 aliphatic rings. The summed E-state index contributed by atoms with van der Waals surface area (Å²) >= 11 is 0. The molecule has 1 N–H and O–H groups in total. The van der Waals surface area contributed by atoms with Crippen molar-refractivity contribution in [2.45, 2.75) is 57.3 Å². The predicted octanol–water partition coefficient (Wildman–Crippen LogP) is 4.89. The zero-order valence-electron chi connectivity index (χ0n) is 19.8. The van der Waals surface area contributed by atoms with E-state index >= 15 is 0 Å². The molecule has 3 unspecified atom stereocenters. The van der Waals surface area contributed by atoms with Crippen LogP contribution in [0.15, 0.2) is 34.5 Å². The van der Waals surface area contributed by atoms with E-state index in [9.17, 15) is 17.6 Å². The van der Waals surface area contributed by atoms with Crippen LogP contribution in [-0.4, -0.2) is 38.0 Å². The van der Waals surface area contributed by atoms with Gasteiger partial charge in [-0.05, 0) is 67.7 Å². The van der Waals surface area contributed by atoms with Crippen molar-refractivity contribution in [3.05, 3.63) is 58.6 Å². The molecule has 3 aromatic rings. The van der Waals surface area contributed by atoms with E-state index in [1.54, 1.807) is 11.6 Å². The van der Waals surface area contributed by atoms with Crippen molar-refractivity contribution in [3.63, 3.8) is 0 Å². The topological polar surface area (TPSA) is 84.9 Å². The molecule has 2 aliphatic carbocycles. The molecule has 190 valence electrons. The second kappa shape index (κ2) is 8.31. The minimum absolute atomic E-state index is 0.0563. The molecule has 2 fully saturated rings. The number of nitrogens with zero attached hydrogens (tertiary/aromatic N) is 6. The summed E-state index contributed by atoms with van der Waals surface area (Å²) in [7, 11) is 1.86. The van der Waals surface area contributed by atoms with Crippen LogP contribution in [0.25, 0.3) is 0 Å². The van der Waals surface area contributed by atoms with Gasteiger partial charge < -0.3 is 14.7 Å². The third-order valence-electron chi connectivity index (χ3n) is 7.56. The number of alkyl halides is 3. The van der Waals surface area contributed by atoms with E-state index in [4.69, 9.17) is 4.52 Å². The maximum absolute atomic E-state index is 13.8. The summed E-state index contributed by atoms with van der Waals surface area (Å²) in [6.07, 6.45) is 0.846. The van der Waals surface area contributed by atoms with Crippen LogP contribution in [0.4, 0.5) is 29.5 Å². The maximum Gasteiger partial charge on any atom is 0.419 e. The number of anilines is 2. The Hall–Kier alpha value is -3.44. The van der Waals surface area contributed by atoms with Gasteiger partial charge in [-0.2, -0.15) is 23.1 Å². The Balaban J connectivity index is 1.25. The number of rotatable bonds is 5. The smallest absolute Gasteiger partial charge is 0.346 e. The average Bonchev–Trinajstić information content (AvgIpc) is 3.43. The number of fused-ring (bicyclic) bond motifs is 2. The van der Waals surface area contributed by atoms with Gasteiger partial charge in [0.25, 0.3) is 0 Å². The normalized spacial score (nSPS) is 26.1. The maximum atomic E-state index is 13.8. The lowest BCUT2D eigenvalue weighted by Gasteiger charge is -2.55. The molecule has 3 heterocycles. The van der Waals surface area contributed by atoms with E-state index in [2.05, 4.69) is 25.5 Å². The van der Waals surface area contributed by atoms with Gasteiger partial charge in [-0.15, -0.1) is 5.10 Å². The number of halogens is 4. The molecule has 4 atom stereocenters. The van der Waals surface area contributed by atoms with E-state index in [0.29, 0.717) is 54.0 Å². The number of aromatic nitrogens is 5. The molecule has 2 saturated carbocycles. The number of benzene rings is 1. The first-order valence-electron chi connectivity index (χ1n) is 12.0. The largest absolute Gasteiger partial charge is 0.419 e. The van der Waals surface area contributed by atoms with E-state index in [-0.39, 0.29) is 12.0 Å². The van der Waals surface area contributed by atoms with Crippen LogP contribution in [0.2, 0.25) is 0 Å². The molecular weight excluding hydrogens is 478 g/mol. The standard InChI is InChI=1S/C24H25F4N7O/c1-12-29-23(36-33-12)34(2)11-17-15-6-7-16(15)20(17)30-22-31-21-14(4-3-9-35(21)32-22)13-5-8-19(25)18(10-13)24(26,27)28/h5,8,10-11,14-16,20H,3-4,6-7,9H2,1-2H3,(H,30,32)/b17-11+/t14?,15?,16?,20-/m1/s1. The minimum Gasteiger partial charge on any atom is -0.346 e. The van der Waals surface area contributed by atoms with Gasteiger partial charge in [0.1, 0.15) is 11.6 Å². The summed E-state index contributed by atoms with van der Waals surface area (Å²) in [6.45, 7) is 2.39. The molecule has 0 amide bonds. The van der Waals surface area contributed by atoms with E-state index in [1.807, 2.05) is 18.1 Å². The third-order valence-corrected chi connectivity index (χ3v) is 7.56. The first-order chi connectivity index (χ1) is 17.2. The van der Waals surface area contributed by atoms with Crippen molar-refractivity contribution in [2.24, 2.45) is 11.8 Å². The van der Waals surface area contributed by atoms with Crippen molar-refractivity contribution in [3.8, 4) is 0 Å². The molecule has 0 radical (unpaired) electrons. The molecule has 0 saturated heterocycles. The highest BCUT2D eigenvalue weighted by atomic mass is 19.4. The van der Waals surface area contributed by atoms with Crippen molar-refractivity contribution < 1.29 is 22.1 Å². The number of hydrogen-bond acceptors (Lipinski definition) is 7. The van der Waals surface area contributed by atoms with Gasteiger partial charge in [0.2, 0.25) is 5.95 Å². The second-order valence-corrected chi connectivity index (χ2v) is 9.78. The van der Waals surface area contributed by atoms with Gasteiger partial charge in [-0.25, -0.2) is 9.07 Å². The molecular formula is C24H25F4N7O. The lowest BCUT2D eigenvalue weighted by molar-refractivity contribution is -0.140. The zero-order valence-corrected chi connectivity index (χ0v) is 19.8. The lowest BCUT2D eigenvalue weighted by atomic mass is 9.53. The molecule has 1 aliphatic heterocycles. The van der Waals surface area contributed by atoms with Crippen LogP contribution in [0.3, 0.4) is 0 Å². The van der Waals surface area contributed by atoms with Crippen molar-refractivity contribution in [2.75, 3.05) is 17.3 Å². The van der Waals surface area contributed by atoms with Gasteiger partial charge in [0, 0.05) is 25.7 Å². The second-order valence-electron chi connectivity index (χ2n) is 9.78. The van der Waals surface area contributed by atoms with Gasteiger partial charge >= 0.3 is 12.2 Å². The fourth-order valence-corrected chi connectivity index (χ4v) is 5.62. The van der Waals surface area contributed by atoms with E-state index in [1.165, 1.54) is 11.6 Å². The highest BCUT2D eigenvalue weighted by molar-refractivity contribution is 5.46. The number of aryl methyl sites for hydroxylation is 2. The van der Waals surface area contributed by atoms with Gasteiger partial charge in [0.05, 0.1) is 11.6 Å². The van der Waals surface area contributed by atoms with Gasteiger partial charge in [0.15, 0.2) is 5.82 Å². The monoisotopic (exact) mass is 503 g/mol. The SMILES string of the molecule is Cc1noc(N(C)/C=C2\C3CCC3[C@H]2Nc2nc3n(n2)CCCC3c2ccc(F)c(C(F)(F)F)c2)n1. The fourth-order valence-electron chi connectivity index (χ4n) is 5.62. The fraction of sp³-hybridized carbons (Fsp3) is 0.500. The van der Waals surface area contributed by atoms with Crippen LogP contribution in [-0.2, 0) is 12.7 Å². The quantitative estimate of drug-likeness (QED) is 0.496. The summed E-state index contributed by atoms with van der Waals surface area (Å²) in [5, 5.41) is 11.9. The van der Waals surface area contributed by atoms with Crippen LogP contribution >= 0.6 is 0 Å². The lowest BCUT2D eigenvalue weighted by Crippen LogP contribution is -2.55. The van der Waals surface area contributed by atoms with Crippen LogP contribution in [0.1, 0.15) is 54.4 Å².